The Balaban J connectivity index is 1.67. The minimum absolute atomic E-state index is 0.0480. The molecule has 0 radical (unpaired) electrons. The van der Waals surface area contributed by atoms with Crippen LogP contribution in [0.4, 0.5) is 0 Å². The summed E-state index contributed by atoms with van der Waals surface area (Å²) >= 11 is 1.47. The average molecular weight is 249 g/mol. The van der Waals surface area contributed by atoms with Crippen molar-refractivity contribution in [3.05, 3.63) is 0 Å². The van der Waals surface area contributed by atoms with Gasteiger partial charge in [0.25, 0.3) is 0 Å². The van der Waals surface area contributed by atoms with Crippen LogP contribution in [0.5, 0.6) is 0 Å². The maximum atomic E-state index is 11.3. The van der Waals surface area contributed by atoms with Crippen LogP contribution in [0.2, 0.25) is 0 Å². The molecule has 4 nitrogen and oxygen atoms in total. The lowest BCUT2D eigenvalue weighted by molar-refractivity contribution is -0.118. The molecule has 1 aliphatic heterocycles. The number of carbonyl (C=O) groups is 1. The highest BCUT2D eigenvalue weighted by atomic mass is 32.2. The number of hydrogen-bond acceptors (Lipinski definition) is 4. The van der Waals surface area contributed by atoms with Gasteiger partial charge in [-0.15, -0.1) is 11.8 Å². The fourth-order valence-electron chi connectivity index (χ4n) is 1.58. The molecule has 1 aliphatic carbocycles. The van der Waals surface area contributed by atoms with E-state index in [1.807, 2.05) is 0 Å². The van der Waals surface area contributed by atoms with E-state index in [9.17, 15) is 13.2 Å². The Bertz CT molecular complexity index is 348. The fourth-order valence-corrected chi connectivity index (χ4v) is 5.04. The average Bonchev–Trinajstić information content (AvgIpc) is 2.87. The topological polar surface area (TPSA) is 63.2 Å². The maximum absolute atomic E-state index is 11.3. The number of hydrogen-bond donors (Lipinski definition) is 1. The van der Waals surface area contributed by atoms with Crippen LogP contribution < -0.4 is 5.32 Å². The van der Waals surface area contributed by atoms with Crippen LogP contribution in [-0.2, 0) is 14.6 Å². The monoisotopic (exact) mass is 249 g/mol. The summed E-state index contributed by atoms with van der Waals surface area (Å²) in [4.78, 5) is 11.3. The molecule has 0 aromatic heterocycles. The molecule has 0 aromatic carbocycles. The fraction of sp³-hybridized carbons (Fsp3) is 0.889. The molecule has 6 heteroatoms. The molecular formula is C9H15NO3S2. The lowest BCUT2D eigenvalue weighted by Crippen LogP contribution is -2.28. The molecule has 2 fully saturated rings. The molecule has 1 unspecified atom stereocenters. The Hall–Kier alpha value is -0.230. The third-order valence-corrected chi connectivity index (χ3v) is 5.86. The van der Waals surface area contributed by atoms with E-state index in [4.69, 9.17) is 0 Å². The van der Waals surface area contributed by atoms with Crippen LogP contribution in [0, 0.1) is 0 Å². The van der Waals surface area contributed by atoms with Gasteiger partial charge in [-0.3, -0.25) is 4.79 Å². The van der Waals surface area contributed by atoms with E-state index in [1.54, 1.807) is 0 Å². The van der Waals surface area contributed by atoms with Crippen molar-refractivity contribution in [2.45, 2.75) is 30.6 Å². The van der Waals surface area contributed by atoms with Crippen molar-refractivity contribution in [1.82, 2.24) is 5.32 Å². The number of sulfone groups is 1. The Morgan fingerprint density at radius 3 is 2.60 bits per heavy atom. The second-order valence-electron chi connectivity index (χ2n) is 4.18. The second kappa shape index (κ2) is 4.33. The molecular weight excluding hydrogens is 234 g/mol. The van der Waals surface area contributed by atoms with Gasteiger partial charge in [-0.05, 0) is 19.3 Å². The largest absolute Gasteiger partial charge is 0.353 e. The number of rotatable bonds is 4. The first-order chi connectivity index (χ1) is 7.05. The third-order valence-electron chi connectivity index (χ3n) is 2.58. The Labute approximate surface area is 94.1 Å². The van der Waals surface area contributed by atoms with E-state index in [1.165, 1.54) is 11.8 Å². The highest BCUT2D eigenvalue weighted by Gasteiger charge is 2.29. The van der Waals surface area contributed by atoms with Crippen LogP contribution in [0.1, 0.15) is 19.3 Å². The molecule has 15 heavy (non-hydrogen) atoms. The Kier molecular flexibility index (Phi) is 3.25. The molecule has 1 N–H and O–H groups in total. The Morgan fingerprint density at radius 2 is 2.07 bits per heavy atom. The SMILES string of the molecule is O=C(CSC1CCS(=O)(=O)C1)NC1CC1. The number of carbonyl (C=O) groups excluding carboxylic acids is 1. The minimum atomic E-state index is -2.81. The van der Waals surface area contributed by atoms with Gasteiger partial charge in [-0.25, -0.2) is 8.42 Å². The van der Waals surface area contributed by atoms with Crippen molar-refractivity contribution in [3.8, 4) is 0 Å². The standard InChI is InChI=1S/C9H15NO3S2/c11-9(10-7-1-2-7)5-14-8-3-4-15(12,13)6-8/h7-8H,1-6H2,(H,10,11). The maximum Gasteiger partial charge on any atom is 0.230 e. The van der Waals surface area contributed by atoms with E-state index >= 15 is 0 Å². The van der Waals surface area contributed by atoms with Crippen molar-refractivity contribution in [2.24, 2.45) is 0 Å². The number of thioether (sulfide) groups is 1. The van der Waals surface area contributed by atoms with Crippen molar-refractivity contribution < 1.29 is 13.2 Å². The van der Waals surface area contributed by atoms with Crippen LogP contribution in [0.3, 0.4) is 0 Å². The quantitative estimate of drug-likeness (QED) is 0.772. The summed E-state index contributed by atoms with van der Waals surface area (Å²) in [6, 6.07) is 0.394. The molecule has 2 rings (SSSR count). The molecule has 1 heterocycles. The zero-order valence-corrected chi connectivity index (χ0v) is 10.1. The first-order valence-electron chi connectivity index (χ1n) is 5.16. The van der Waals surface area contributed by atoms with Crippen LogP contribution in [0.25, 0.3) is 0 Å². The molecule has 0 spiro atoms. The number of nitrogens with one attached hydrogen (secondary N) is 1. The van der Waals surface area contributed by atoms with Gasteiger partial charge in [0.05, 0.1) is 17.3 Å². The molecule has 1 amide bonds. The van der Waals surface area contributed by atoms with Crippen molar-refractivity contribution in [3.63, 3.8) is 0 Å². The van der Waals surface area contributed by atoms with Gasteiger partial charge in [0.15, 0.2) is 9.84 Å². The van der Waals surface area contributed by atoms with Gasteiger partial charge in [0, 0.05) is 11.3 Å². The summed E-state index contributed by atoms with van der Waals surface area (Å²) in [7, 11) is -2.81. The predicted octanol–water partition coefficient (Wildman–Crippen LogP) is 0.185. The van der Waals surface area contributed by atoms with Crippen LogP contribution in [-0.4, -0.2) is 42.9 Å². The van der Waals surface area contributed by atoms with Gasteiger partial charge < -0.3 is 5.32 Å². The van der Waals surface area contributed by atoms with Crippen LogP contribution in [0.15, 0.2) is 0 Å². The summed E-state index contributed by atoms with van der Waals surface area (Å²) in [5.41, 5.74) is 0. The first-order valence-corrected chi connectivity index (χ1v) is 8.03. The Morgan fingerprint density at radius 1 is 1.33 bits per heavy atom. The van der Waals surface area contributed by atoms with E-state index in [0.29, 0.717) is 18.2 Å². The van der Waals surface area contributed by atoms with Crippen LogP contribution >= 0.6 is 11.8 Å². The molecule has 1 atom stereocenters. The van der Waals surface area contributed by atoms with Gasteiger partial charge in [0.2, 0.25) is 5.91 Å². The van der Waals surface area contributed by atoms with Gasteiger partial charge in [-0.2, -0.15) is 0 Å². The molecule has 0 aromatic rings. The van der Waals surface area contributed by atoms with E-state index in [2.05, 4.69) is 5.32 Å². The summed E-state index contributed by atoms with van der Waals surface area (Å²) in [5.74, 6) is 0.978. The smallest absolute Gasteiger partial charge is 0.230 e. The van der Waals surface area contributed by atoms with E-state index < -0.39 is 9.84 Å². The minimum Gasteiger partial charge on any atom is -0.353 e. The first kappa shape index (κ1) is 11.3. The molecule has 0 bridgehead atoms. The zero-order chi connectivity index (χ0) is 10.9. The summed E-state index contributed by atoms with van der Waals surface area (Å²) in [5, 5.41) is 3.01. The van der Waals surface area contributed by atoms with Gasteiger partial charge >= 0.3 is 0 Å². The van der Waals surface area contributed by atoms with Crippen molar-refractivity contribution >= 4 is 27.5 Å². The molecule has 2 aliphatic rings. The third kappa shape index (κ3) is 3.68. The van der Waals surface area contributed by atoms with Gasteiger partial charge in [0.1, 0.15) is 0 Å². The normalized spacial score (nSPS) is 28.9. The second-order valence-corrected chi connectivity index (χ2v) is 7.70. The summed E-state index contributed by atoms with van der Waals surface area (Å²) in [6.07, 6.45) is 2.88. The predicted molar refractivity (Wildman–Crippen MR) is 60.7 cm³/mol. The van der Waals surface area contributed by atoms with Crippen molar-refractivity contribution in [1.29, 1.82) is 0 Å². The highest BCUT2D eigenvalue weighted by Crippen LogP contribution is 2.24. The molecule has 1 saturated heterocycles. The summed E-state index contributed by atoms with van der Waals surface area (Å²) in [6.45, 7) is 0. The lowest BCUT2D eigenvalue weighted by atomic mass is 10.4. The molecule has 1 saturated carbocycles. The van der Waals surface area contributed by atoms with E-state index in [-0.39, 0.29) is 22.7 Å². The van der Waals surface area contributed by atoms with E-state index in [0.717, 1.165) is 12.8 Å². The molecule has 86 valence electrons. The number of amides is 1. The van der Waals surface area contributed by atoms with Crippen molar-refractivity contribution in [2.75, 3.05) is 17.3 Å². The zero-order valence-electron chi connectivity index (χ0n) is 8.44. The highest BCUT2D eigenvalue weighted by molar-refractivity contribution is 8.02. The lowest BCUT2D eigenvalue weighted by Gasteiger charge is -2.07. The van der Waals surface area contributed by atoms with Gasteiger partial charge in [-0.1, -0.05) is 0 Å². The summed E-state index contributed by atoms with van der Waals surface area (Å²) < 4.78 is 22.3.